The number of nitrogens with zero attached hydrogens (tertiary/aromatic N) is 2. The van der Waals surface area contributed by atoms with Crippen molar-refractivity contribution in [1.29, 1.82) is 0 Å². The van der Waals surface area contributed by atoms with Crippen LogP contribution in [0.15, 0.2) is 36.4 Å². The van der Waals surface area contributed by atoms with Gasteiger partial charge in [0.25, 0.3) is 0 Å². The first kappa shape index (κ1) is 10.8. The summed E-state index contributed by atoms with van der Waals surface area (Å²) in [5.41, 5.74) is 3.54. The van der Waals surface area contributed by atoms with E-state index >= 15 is 0 Å². The number of aromatic nitrogens is 2. The van der Waals surface area contributed by atoms with E-state index in [1.54, 1.807) is 0 Å². The number of aryl methyl sites for hydroxylation is 4. The number of hydrogen-bond acceptors (Lipinski definition) is 2. The quantitative estimate of drug-likeness (QED) is 0.781. The molecular weight excluding hydrogens is 196 g/mol. The molecule has 0 saturated carbocycles. The second-order valence-corrected chi connectivity index (χ2v) is 4.03. The van der Waals surface area contributed by atoms with Gasteiger partial charge in [-0.05, 0) is 38.3 Å². The summed E-state index contributed by atoms with van der Waals surface area (Å²) in [7, 11) is 0. The summed E-state index contributed by atoms with van der Waals surface area (Å²) >= 11 is 0. The Morgan fingerprint density at radius 3 is 2.38 bits per heavy atom. The van der Waals surface area contributed by atoms with Crippen LogP contribution in [0.4, 0.5) is 0 Å². The van der Waals surface area contributed by atoms with Crippen molar-refractivity contribution >= 4 is 0 Å². The fourth-order valence-corrected chi connectivity index (χ4v) is 1.84. The Kier molecular flexibility index (Phi) is 3.30. The van der Waals surface area contributed by atoms with Crippen LogP contribution in [0.25, 0.3) is 0 Å². The van der Waals surface area contributed by atoms with E-state index < -0.39 is 0 Å². The minimum atomic E-state index is 0.864. The lowest BCUT2D eigenvalue weighted by molar-refractivity contribution is 0.868. The molecule has 0 aliphatic heterocycles. The molecule has 0 fully saturated rings. The predicted octanol–water partition coefficient (Wildman–Crippen LogP) is 2.88. The summed E-state index contributed by atoms with van der Waals surface area (Å²) < 4.78 is 0. The summed E-state index contributed by atoms with van der Waals surface area (Å²) in [5, 5.41) is 0. The zero-order valence-corrected chi connectivity index (χ0v) is 9.77. The number of rotatable bonds is 3. The van der Waals surface area contributed by atoms with Crippen molar-refractivity contribution in [1.82, 2.24) is 9.97 Å². The van der Waals surface area contributed by atoms with Crippen LogP contribution in [-0.4, -0.2) is 9.97 Å². The molecule has 1 aromatic heterocycles. The fourth-order valence-electron chi connectivity index (χ4n) is 1.84. The molecule has 2 aromatic rings. The molecular formula is C14H16N2. The Morgan fingerprint density at radius 2 is 1.69 bits per heavy atom. The lowest BCUT2D eigenvalue weighted by Gasteiger charge is -2.03. The highest BCUT2D eigenvalue weighted by atomic mass is 14.9. The number of hydrogen-bond donors (Lipinski definition) is 0. The van der Waals surface area contributed by atoms with Crippen LogP contribution in [0.2, 0.25) is 0 Å². The van der Waals surface area contributed by atoms with Crippen LogP contribution < -0.4 is 0 Å². The van der Waals surface area contributed by atoms with Crippen molar-refractivity contribution in [2.45, 2.75) is 26.7 Å². The minimum Gasteiger partial charge on any atom is -0.239 e. The Bertz CT molecular complexity index is 443. The van der Waals surface area contributed by atoms with Gasteiger partial charge in [0, 0.05) is 11.4 Å². The van der Waals surface area contributed by atoms with E-state index in [4.69, 9.17) is 0 Å². The van der Waals surface area contributed by atoms with Gasteiger partial charge in [-0.2, -0.15) is 0 Å². The molecule has 0 aliphatic rings. The molecule has 0 unspecified atom stereocenters. The van der Waals surface area contributed by atoms with Crippen LogP contribution in [0.1, 0.15) is 22.8 Å². The van der Waals surface area contributed by atoms with Gasteiger partial charge in [-0.25, -0.2) is 9.97 Å². The second kappa shape index (κ2) is 4.88. The maximum absolute atomic E-state index is 4.44. The Labute approximate surface area is 96.4 Å². The van der Waals surface area contributed by atoms with E-state index in [9.17, 15) is 0 Å². The van der Waals surface area contributed by atoms with Crippen LogP contribution >= 0.6 is 0 Å². The van der Waals surface area contributed by atoms with Crippen molar-refractivity contribution in [3.05, 3.63) is 59.2 Å². The molecule has 0 spiro atoms. The largest absolute Gasteiger partial charge is 0.239 e. The fraction of sp³-hybridized carbons (Fsp3) is 0.286. The van der Waals surface area contributed by atoms with Gasteiger partial charge in [-0.1, -0.05) is 30.3 Å². The average molecular weight is 212 g/mol. The van der Waals surface area contributed by atoms with Gasteiger partial charge in [0.05, 0.1) is 0 Å². The third-order valence-corrected chi connectivity index (χ3v) is 2.53. The van der Waals surface area contributed by atoms with E-state index in [1.165, 1.54) is 5.56 Å². The van der Waals surface area contributed by atoms with Crippen molar-refractivity contribution < 1.29 is 0 Å². The average Bonchev–Trinajstić information content (AvgIpc) is 2.27. The van der Waals surface area contributed by atoms with E-state index in [0.717, 1.165) is 30.1 Å². The maximum atomic E-state index is 4.44. The summed E-state index contributed by atoms with van der Waals surface area (Å²) in [6.45, 7) is 3.96. The summed E-state index contributed by atoms with van der Waals surface area (Å²) in [5.74, 6) is 0.864. The molecule has 2 nitrogen and oxygen atoms in total. The van der Waals surface area contributed by atoms with E-state index in [0.29, 0.717) is 0 Å². The molecule has 1 aromatic carbocycles. The predicted molar refractivity (Wildman–Crippen MR) is 65.4 cm³/mol. The molecule has 2 rings (SSSR count). The summed E-state index contributed by atoms with van der Waals surface area (Å²) in [4.78, 5) is 8.72. The highest BCUT2D eigenvalue weighted by molar-refractivity contribution is 5.17. The molecule has 0 radical (unpaired) electrons. The molecule has 0 saturated heterocycles. The molecule has 0 N–H and O–H groups in total. The Morgan fingerprint density at radius 1 is 0.938 bits per heavy atom. The highest BCUT2D eigenvalue weighted by Crippen LogP contribution is 2.06. The highest BCUT2D eigenvalue weighted by Gasteiger charge is 1.99. The molecule has 82 valence electrons. The topological polar surface area (TPSA) is 25.8 Å². The van der Waals surface area contributed by atoms with Crippen LogP contribution in [-0.2, 0) is 12.8 Å². The van der Waals surface area contributed by atoms with Gasteiger partial charge < -0.3 is 0 Å². The standard InChI is InChI=1S/C14H16N2/c1-11-10-14(16-12(2)15-11)9-8-13-6-4-3-5-7-13/h3-7,10H,8-9H2,1-2H3. The summed E-state index contributed by atoms with van der Waals surface area (Å²) in [6, 6.07) is 12.6. The van der Waals surface area contributed by atoms with Gasteiger partial charge in [0.15, 0.2) is 0 Å². The van der Waals surface area contributed by atoms with Gasteiger partial charge in [0.1, 0.15) is 5.82 Å². The molecule has 0 bridgehead atoms. The smallest absolute Gasteiger partial charge is 0.125 e. The van der Waals surface area contributed by atoms with Gasteiger partial charge in [0.2, 0.25) is 0 Å². The SMILES string of the molecule is Cc1cc(CCc2ccccc2)nc(C)n1. The van der Waals surface area contributed by atoms with Crippen LogP contribution in [0.5, 0.6) is 0 Å². The lowest BCUT2D eigenvalue weighted by Crippen LogP contribution is -1.99. The number of benzene rings is 1. The maximum Gasteiger partial charge on any atom is 0.125 e. The normalized spacial score (nSPS) is 10.4. The monoisotopic (exact) mass is 212 g/mol. The Hall–Kier alpha value is -1.70. The van der Waals surface area contributed by atoms with E-state index in [2.05, 4.69) is 40.3 Å². The van der Waals surface area contributed by atoms with Gasteiger partial charge >= 0.3 is 0 Å². The van der Waals surface area contributed by atoms with Crippen molar-refractivity contribution in [3.63, 3.8) is 0 Å². The second-order valence-electron chi connectivity index (χ2n) is 4.03. The van der Waals surface area contributed by atoms with Gasteiger partial charge in [-0.3, -0.25) is 0 Å². The molecule has 0 aliphatic carbocycles. The van der Waals surface area contributed by atoms with Gasteiger partial charge in [-0.15, -0.1) is 0 Å². The van der Waals surface area contributed by atoms with Crippen molar-refractivity contribution in [3.8, 4) is 0 Å². The third kappa shape index (κ3) is 2.89. The zero-order chi connectivity index (χ0) is 11.4. The first-order valence-corrected chi connectivity index (χ1v) is 5.59. The molecule has 2 heteroatoms. The third-order valence-electron chi connectivity index (χ3n) is 2.53. The van der Waals surface area contributed by atoms with E-state index in [-0.39, 0.29) is 0 Å². The van der Waals surface area contributed by atoms with Crippen molar-refractivity contribution in [2.24, 2.45) is 0 Å². The molecule has 0 atom stereocenters. The summed E-state index contributed by atoms with van der Waals surface area (Å²) in [6.07, 6.45) is 2.02. The zero-order valence-electron chi connectivity index (χ0n) is 9.77. The van der Waals surface area contributed by atoms with Crippen LogP contribution in [0, 0.1) is 13.8 Å². The molecule has 0 amide bonds. The van der Waals surface area contributed by atoms with Crippen molar-refractivity contribution in [2.75, 3.05) is 0 Å². The molecule has 16 heavy (non-hydrogen) atoms. The first-order chi connectivity index (χ1) is 7.74. The van der Waals surface area contributed by atoms with Crippen LogP contribution in [0.3, 0.4) is 0 Å². The molecule has 1 heterocycles. The first-order valence-electron chi connectivity index (χ1n) is 5.59. The van der Waals surface area contributed by atoms with E-state index in [1.807, 2.05) is 19.9 Å². The lowest BCUT2D eigenvalue weighted by atomic mass is 10.1. The Balaban J connectivity index is 2.05. The minimum absolute atomic E-state index is 0.864.